The number of fused-ring (bicyclic) bond motifs is 3. The van der Waals surface area contributed by atoms with E-state index in [-0.39, 0.29) is 11.2 Å². The zero-order chi connectivity index (χ0) is 17.8. The van der Waals surface area contributed by atoms with E-state index in [1.807, 2.05) is 34.9 Å². The van der Waals surface area contributed by atoms with Crippen molar-refractivity contribution < 1.29 is 5.11 Å². The van der Waals surface area contributed by atoms with Crippen molar-refractivity contribution in [3.63, 3.8) is 0 Å². The zero-order valence-corrected chi connectivity index (χ0v) is 14.4. The minimum atomic E-state index is -0.0270. The van der Waals surface area contributed by atoms with Gasteiger partial charge in [0.25, 0.3) is 0 Å². The van der Waals surface area contributed by atoms with Gasteiger partial charge in [-0.25, -0.2) is 0 Å². The van der Waals surface area contributed by atoms with Gasteiger partial charge in [-0.2, -0.15) is 0 Å². The molecule has 0 radical (unpaired) electrons. The Morgan fingerprint density at radius 3 is 2.73 bits per heavy atom. The summed E-state index contributed by atoms with van der Waals surface area (Å²) < 4.78 is 2.02. The second-order valence-electron chi connectivity index (χ2n) is 6.44. The van der Waals surface area contributed by atoms with Crippen LogP contribution in [0.25, 0.3) is 27.2 Å². The van der Waals surface area contributed by atoms with E-state index in [1.165, 1.54) is 0 Å². The molecule has 126 valence electrons. The Morgan fingerprint density at radius 1 is 1.08 bits per heavy atom. The van der Waals surface area contributed by atoms with E-state index in [9.17, 15) is 9.90 Å². The Balaban J connectivity index is 1.91. The maximum atomic E-state index is 13.1. The summed E-state index contributed by atoms with van der Waals surface area (Å²) in [4.78, 5) is 17.2. The largest absolute Gasteiger partial charge is 0.508 e. The van der Waals surface area contributed by atoms with Gasteiger partial charge in [0.2, 0.25) is 0 Å². The predicted molar refractivity (Wildman–Crippen MR) is 104 cm³/mol. The number of hydrogen-bond donors (Lipinski definition) is 1. The first-order chi connectivity index (χ1) is 12.6. The molecule has 0 aliphatic carbocycles. The normalized spacial score (nSPS) is 11.7. The molecule has 0 saturated carbocycles. The summed E-state index contributed by atoms with van der Waals surface area (Å²) in [6.07, 6.45) is 5.87. The van der Waals surface area contributed by atoms with Crippen LogP contribution in [0.2, 0.25) is 5.02 Å². The van der Waals surface area contributed by atoms with Gasteiger partial charge in [0.15, 0.2) is 5.43 Å². The van der Waals surface area contributed by atoms with Gasteiger partial charge in [0.1, 0.15) is 5.75 Å². The first-order valence-electron chi connectivity index (χ1n) is 8.22. The third-order valence-corrected chi connectivity index (χ3v) is 5.00. The fourth-order valence-corrected chi connectivity index (χ4v) is 3.90. The van der Waals surface area contributed by atoms with Gasteiger partial charge in [-0.3, -0.25) is 9.78 Å². The minimum Gasteiger partial charge on any atom is -0.508 e. The highest BCUT2D eigenvalue weighted by atomic mass is 35.5. The Kier molecular flexibility index (Phi) is 3.18. The van der Waals surface area contributed by atoms with Crippen LogP contribution in [0.1, 0.15) is 11.1 Å². The van der Waals surface area contributed by atoms with E-state index in [4.69, 9.17) is 11.6 Å². The maximum Gasteiger partial charge on any atom is 0.193 e. The van der Waals surface area contributed by atoms with Crippen molar-refractivity contribution in [2.45, 2.75) is 6.42 Å². The molecule has 0 bridgehead atoms. The van der Waals surface area contributed by atoms with E-state index < -0.39 is 0 Å². The molecule has 26 heavy (non-hydrogen) atoms. The third kappa shape index (κ3) is 2.16. The van der Waals surface area contributed by atoms with Gasteiger partial charge in [0, 0.05) is 51.8 Å². The first-order valence-corrected chi connectivity index (χ1v) is 8.60. The summed E-state index contributed by atoms with van der Waals surface area (Å²) in [5.41, 5.74) is 3.39. The van der Waals surface area contributed by atoms with Crippen LogP contribution in [-0.2, 0) is 6.42 Å². The van der Waals surface area contributed by atoms with Crippen LogP contribution in [0.15, 0.2) is 65.8 Å². The van der Waals surface area contributed by atoms with E-state index in [0.29, 0.717) is 22.4 Å². The molecule has 5 aromatic rings. The number of phenolic OH excluding ortho intramolecular Hbond substituents is 1. The molecule has 2 aromatic carbocycles. The van der Waals surface area contributed by atoms with Crippen LogP contribution in [0.4, 0.5) is 0 Å². The van der Waals surface area contributed by atoms with Crippen LogP contribution in [0.5, 0.6) is 5.75 Å². The van der Waals surface area contributed by atoms with Crippen molar-refractivity contribution in [1.82, 2.24) is 9.38 Å². The number of hydrogen-bond acceptors (Lipinski definition) is 3. The molecule has 0 aliphatic heterocycles. The molecule has 4 nitrogen and oxygen atoms in total. The number of aromatic hydroxyl groups is 1. The Bertz CT molecular complexity index is 1340. The molecule has 3 aromatic heterocycles. The molecular formula is C21H13ClN2O2. The number of benzene rings is 2. The van der Waals surface area contributed by atoms with Crippen LogP contribution < -0.4 is 5.43 Å². The van der Waals surface area contributed by atoms with Gasteiger partial charge < -0.3 is 9.51 Å². The van der Waals surface area contributed by atoms with E-state index >= 15 is 0 Å². The summed E-state index contributed by atoms with van der Waals surface area (Å²) in [6, 6.07) is 12.6. The van der Waals surface area contributed by atoms with Crippen LogP contribution >= 0.6 is 11.6 Å². The molecule has 0 fully saturated rings. The smallest absolute Gasteiger partial charge is 0.193 e. The van der Waals surface area contributed by atoms with Gasteiger partial charge in [-0.05, 0) is 42.0 Å². The van der Waals surface area contributed by atoms with Crippen molar-refractivity contribution in [3.8, 4) is 5.75 Å². The third-order valence-electron chi connectivity index (χ3n) is 4.78. The quantitative estimate of drug-likeness (QED) is 0.508. The average molecular weight is 361 g/mol. The van der Waals surface area contributed by atoms with Crippen molar-refractivity contribution in [2.75, 3.05) is 0 Å². The number of pyridine rings is 2. The number of nitrogens with zero attached hydrogens (tertiary/aromatic N) is 2. The lowest BCUT2D eigenvalue weighted by Crippen LogP contribution is -2.12. The van der Waals surface area contributed by atoms with Gasteiger partial charge in [-0.15, -0.1) is 0 Å². The fourth-order valence-electron chi connectivity index (χ4n) is 3.68. The molecule has 5 heteroatoms. The molecule has 5 rings (SSSR count). The highest BCUT2D eigenvalue weighted by Crippen LogP contribution is 2.35. The molecule has 0 amide bonds. The topological polar surface area (TPSA) is 54.6 Å². The number of aromatic nitrogens is 2. The Hall–Kier alpha value is -3.11. The van der Waals surface area contributed by atoms with Crippen LogP contribution in [0, 0.1) is 0 Å². The second kappa shape index (κ2) is 5.44. The average Bonchev–Trinajstić information content (AvgIpc) is 2.93. The van der Waals surface area contributed by atoms with Crippen LogP contribution in [-0.4, -0.2) is 14.5 Å². The Morgan fingerprint density at radius 2 is 1.92 bits per heavy atom. The number of phenols is 1. The van der Waals surface area contributed by atoms with Gasteiger partial charge in [0.05, 0.1) is 11.0 Å². The van der Waals surface area contributed by atoms with Crippen molar-refractivity contribution in [2.24, 2.45) is 0 Å². The molecule has 0 unspecified atom stereocenters. The standard InChI is InChI=1S/C21H13ClN2O2/c22-14-7-17-16-9-15(25)3-4-19(16)24-11-13(6-12-2-1-5-23-10-12)21(26)18(8-14)20(17)24/h1-5,7-11,25H,6H2. The van der Waals surface area contributed by atoms with Crippen LogP contribution in [0.3, 0.4) is 0 Å². The molecule has 3 heterocycles. The van der Waals surface area contributed by atoms with Crippen molar-refractivity contribution in [3.05, 3.63) is 87.4 Å². The van der Waals surface area contributed by atoms with Gasteiger partial charge >= 0.3 is 0 Å². The SMILES string of the molecule is O=c1c(Cc2cccnc2)cn2c3ccc(O)cc3c3cc(Cl)cc1c32. The fraction of sp³-hybridized carbons (Fsp3) is 0.0476. The lowest BCUT2D eigenvalue weighted by Gasteiger charge is -2.07. The summed E-state index contributed by atoms with van der Waals surface area (Å²) in [5, 5.41) is 12.7. The summed E-state index contributed by atoms with van der Waals surface area (Å²) in [7, 11) is 0. The molecule has 0 spiro atoms. The Labute approximate surface area is 153 Å². The highest BCUT2D eigenvalue weighted by Gasteiger charge is 2.17. The summed E-state index contributed by atoms with van der Waals surface area (Å²) >= 11 is 6.30. The first kappa shape index (κ1) is 15.2. The van der Waals surface area contributed by atoms with E-state index in [2.05, 4.69) is 4.98 Å². The van der Waals surface area contributed by atoms with Crippen molar-refractivity contribution in [1.29, 1.82) is 0 Å². The van der Waals surface area contributed by atoms with Gasteiger partial charge in [-0.1, -0.05) is 17.7 Å². The molecule has 0 atom stereocenters. The number of halogens is 1. The second-order valence-corrected chi connectivity index (χ2v) is 6.88. The monoisotopic (exact) mass is 360 g/mol. The lowest BCUT2D eigenvalue weighted by atomic mass is 10.0. The van der Waals surface area contributed by atoms with E-state index in [1.54, 1.807) is 30.6 Å². The molecular weight excluding hydrogens is 348 g/mol. The predicted octanol–water partition coefficient (Wildman–Crippen LogP) is 4.39. The molecule has 0 saturated heterocycles. The lowest BCUT2D eigenvalue weighted by molar-refractivity contribution is 0.476. The summed E-state index contributed by atoms with van der Waals surface area (Å²) in [6.45, 7) is 0. The highest BCUT2D eigenvalue weighted by molar-refractivity contribution is 6.33. The summed E-state index contributed by atoms with van der Waals surface area (Å²) in [5.74, 6) is 0.184. The molecule has 1 N–H and O–H groups in total. The maximum absolute atomic E-state index is 13.1. The number of rotatable bonds is 2. The molecule has 0 aliphatic rings. The van der Waals surface area contributed by atoms with E-state index in [0.717, 1.165) is 27.4 Å². The minimum absolute atomic E-state index is 0.0270. The van der Waals surface area contributed by atoms with Crippen molar-refractivity contribution >= 4 is 38.8 Å². The zero-order valence-electron chi connectivity index (χ0n) is 13.6.